The van der Waals surface area contributed by atoms with Crippen LogP contribution >= 0.6 is 0 Å². The van der Waals surface area contributed by atoms with E-state index in [1.54, 1.807) is 19.3 Å². The Hall–Kier alpha value is -1.36. The third-order valence-corrected chi connectivity index (χ3v) is 2.00. The molecule has 13 heavy (non-hydrogen) atoms. The Bertz CT molecular complexity index is 455. The first-order valence-electron chi connectivity index (χ1n) is 3.94. The van der Waals surface area contributed by atoms with Crippen LogP contribution in [0.25, 0.3) is 10.9 Å². The summed E-state index contributed by atoms with van der Waals surface area (Å²) in [5.74, 6) is -0.354. The molecular formula is C8H8BFN2O. The fourth-order valence-electron chi connectivity index (χ4n) is 1.38. The first-order valence-corrected chi connectivity index (χ1v) is 3.94. The number of aryl methyl sites for hydroxylation is 1. The van der Waals surface area contributed by atoms with Gasteiger partial charge in [0, 0.05) is 18.6 Å². The smallest absolute Gasteiger partial charge is 0.305 e. The molecular weight excluding hydrogens is 170 g/mol. The molecule has 66 valence electrons. The molecule has 2 aromatic rings. The Kier molecular flexibility index (Phi) is 1.81. The van der Waals surface area contributed by atoms with Crippen LogP contribution in [0, 0.1) is 5.82 Å². The van der Waals surface area contributed by atoms with E-state index in [1.165, 1.54) is 10.7 Å². The maximum absolute atomic E-state index is 13.2. The van der Waals surface area contributed by atoms with Crippen molar-refractivity contribution in [1.29, 1.82) is 0 Å². The summed E-state index contributed by atoms with van der Waals surface area (Å²) < 4.78 is 14.7. The average molecular weight is 178 g/mol. The van der Waals surface area contributed by atoms with Crippen molar-refractivity contribution in [2.75, 3.05) is 0 Å². The lowest BCUT2D eigenvalue weighted by atomic mass is 9.86. The second-order valence-electron chi connectivity index (χ2n) is 2.93. The van der Waals surface area contributed by atoms with Gasteiger partial charge in [-0.15, -0.1) is 0 Å². The average Bonchev–Trinajstić information content (AvgIpc) is 2.48. The Morgan fingerprint density at radius 3 is 3.00 bits per heavy atom. The summed E-state index contributed by atoms with van der Waals surface area (Å²) in [7, 11) is 1.63. The van der Waals surface area contributed by atoms with Crippen LogP contribution in [0.3, 0.4) is 0 Å². The van der Waals surface area contributed by atoms with Gasteiger partial charge in [0.15, 0.2) is 5.82 Å². The number of hydrogen-bond donors (Lipinski definition) is 1. The van der Waals surface area contributed by atoms with Crippen molar-refractivity contribution in [2.45, 2.75) is 0 Å². The molecule has 5 heteroatoms. The summed E-state index contributed by atoms with van der Waals surface area (Å²) in [5, 5.41) is 13.6. The normalized spacial score (nSPS) is 10.7. The van der Waals surface area contributed by atoms with E-state index in [4.69, 9.17) is 5.02 Å². The number of rotatable bonds is 1. The van der Waals surface area contributed by atoms with Gasteiger partial charge >= 0.3 is 7.48 Å². The molecule has 1 aromatic heterocycles. The quantitative estimate of drug-likeness (QED) is 0.607. The van der Waals surface area contributed by atoms with Gasteiger partial charge < -0.3 is 5.02 Å². The molecule has 0 saturated carbocycles. The van der Waals surface area contributed by atoms with Crippen molar-refractivity contribution >= 4 is 23.8 Å². The molecule has 0 bridgehead atoms. The van der Waals surface area contributed by atoms with Gasteiger partial charge in [-0.3, -0.25) is 4.68 Å². The number of hydrogen-bond acceptors (Lipinski definition) is 2. The molecule has 1 aromatic carbocycles. The zero-order valence-electron chi connectivity index (χ0n) is 7.16. The van der Waals surface area contributed by atoms with Crippen molar-refractivity contribution in [3.8, 4) is 0 Å². The first-order chi connectivity index (χ1) is 6.22. The molecule has 2 rings (SSSR count). The molecule has 0 fully saturated rings. The highest BCUT2D eigenvalue weighted by atomic mass is 19.1. The summed E-state index contributed by atoms with van der Waals surface area (Å²) in [4.78, 5) is 0. The molecule has 0 amide bonds. The lowest BCUT2D eigenvalue weighted by Crippen LogP contribution is -2.14. The third-order valence-electron chi connectivity index (χ3n) is 2.00. The summed E-state index contributed by atoms with van der Waals surface area (Å²) in [6, 6.07) is 2.89. The van der Waals surface area contributed by atoms with Gasteiger partial charge in [-0.1, -0.05) is 6.07 Å². The van der Waals surface area contributed by atoms with Crippen LogP contribution in [0.15, 0.2) is 18.3 Å². The van der Waals surface area contributed by atoms with Gasteiger partial charge in [-0.2, -0.15) is 5.10 Å². The minimum Gasteiger partial charge on any atom is -0.449 e. The number of benzene rings is 1. The van der Waals surface area contributed by atoms with E-state index in [9.17, 15) is 4.39 Å². The Morgan fingerprint density at radius 1 is 1.54 bits per heavy atom. The fourth-order valence-corrected chi connectivity index (χ4v) is 1.38. The monoisotopic (exact) mass is 178 g/mol. The summed E-state index contributed by atoms with van der Waals surface area (Å²) in [6.07, 6.45) is 1.70. The van der Waals surface area contributed by atoms with Crippen LogP contribution in [0.4, 0.5) is 4.39 Å². The van der Waals surface area contributed by atoms with Crippen molar-refractivity contribution in [2.24, 2.45) is 7.05 Å². The maximum atomic E-state index is 13.2. The van der Waals surface area contributed by atoms with Gasteiger partial charge in [-0.25, -0.2) is 4.39 Å². The van der Waals surface area contributed by atoms with Crippen molar-refractivity contribution in [3.63, 3.8) is 0 Å². The molecule has 1 heterocycles. The van der Waals surface area contributed by atoms with Crippen LogP contribution in [-0.4, -0.2) is 22.3 Å². The Labute approximate surface area is 75.1 Å². The van der Waals surface area contributed by atoms with Crippen LogP contribution in [0.2, 0.25) is 0 Å². The van der Waals surface area contributed by atoms with Gasteiger partial charge in [0.05, 0.1) is 0 Å². The molecule has 0 spiro atoms. The minimum atomic E-state index is -0.354. The highest BCUT2D eigenvalue weighted by molar-refractivity contribution is 6.49. The van der Waals surface area contributed by atoms with Gasteiger partial charge in [-0.05, 0) is 11.5 Å². The molecule has 3 nitrogen and oxygen atoms in total. The lowest BCUT2D eigenvalue weighted by molar-refractivity contribution is 0.615. The molecule has 1 N–H and O–H groups in total. The summed E-state index contributed by atoms with van der Waals surface area (Å²) in [5.41, 5.74) is 1.01. The van der Waals surface area contributed by atoms with Crippen LogP contribution in [0.1, 0.15) is 0 Å². The van der Waals surface area contributed by atoms with Gasteiger partial charge in [0.25, 0.3) is 0 Å². The van der Waals surface area contributed by atoms with E-state index in [-0.39, 0.29) is 13.3 Å². The van der Waals surface area contributed by atoms with E-state index < -0.39 is 0 Å². The number of halogens is 1. The fraction of sp³-hybridized carbons (Fsp3) is 0.125. The predicted octanol–water partition coefficient (Wildman–Crippen LogP) is -0.319. The Balaban J connectivity index is 2.83. The molecule has 0 atom stereocenters. The zero-order valence-corrected chi connectivity index (χ0v) is 7.16. The third kappa shape index (κ3) is 1.21. The molecule has 0 aliphatic carbocycles. The van der Waals surface area contributed by atoms with Crippen LogP contribution < -0.4 is 5.46 Å². The SMILES string of the molecule is Cn1cc2c(BO)ccc(F)c2n1. The summed E-state index contributed by atoms with van der Waals surface area (Å²) in [6.45, 7) is 0. The predicted molar refractivity (Wildman–Crippen MR) is 49.7 cm³/mol. The van der Waals surface area contributed by atoms with E-state index in [2.05, 4.69) is 5.10 Å². The Morgan fingerprint density at radius 2 is 2.31 bits per heavy atom. The molecule has 0 saturated heterocycles. The van der Waals surface area contributed by atoms with Crippen LogP contribution in [-0.2, 0) is 7.05 Å². The highest BCUT2D eigenvalue weighted by Gasteiger charge is 2.08. The highest BCUT2D eigenvalue weighted by Crippen LogP contribution is 2.12. The van der Waals surface area contributed by atoms with Crippen molar-refractivity contribution in [3.05, 3.63) is 24.1 Å². The second-order valence-corrected chi connectivity index (χ2v) is 2.93. The van der Waals surface area contributed by atoms with E-state index >= 15 is 0 Å². The van der Waals surface area contributed by atoms with Crippen LogP contribution in [0.5, 0.6) is 0 Å². The van der Waals surface area contributed by atoms with E-state index in [1.807, 2.05) is 0 Å². The van der Waals surface area contributed by atoms with E-state index in [0.29, 0.717) is 16.4 Å². The molecule has 0 radical (unpaired) electrons. The topological polar surface area (TPSA) is 38.0 Å². The molecule has 0 aliphatic rings. The minimum absolute atomic E-state index is 0.0948. The lowest BCUT2D eigenvalue weighted by Gasteiger charge is -1.95. The molecule has 0 unspecified atom stereocenters. The maximum Gasteiger partial charge on any atom is 0.305 e. The summed E-state index contributed by atoms with van der Waals surface area (Å²) >= 11 is 0. The van der Waals surface area contributed by atoms with E-state index in [0.717, 1.165) is 0 Å². The largest absolute Gasteiger partial charge is 0.449 e. The van der Waals surface area contributed by atoms with Crippen molar-refractivity contribution in [1.82, 2.24) is 9.78 Å². The number of fused-ring (bicyclic) bond motifs is 1. The molecule has 0 aliphatic heterocycles. The zero-order chi connectivity index (χ0) is 9.42. The number of aromatic nitrogens is 2. The second kappa shape index (κ2) is 2.85. The van der Waals surface area contributed by atoms with Gasteiger partial charge in [0.1, 0.15) is 5.52 Å². The first kappa shape index (κ1) is 8.25. The van der Waals surface area contributed by atoms with Gasteiger partial charge in [0.2, 0.25) is 0 Å². The standard InChI is InChI=1S/C8H8BFN2O/c1-12-4-5-6(9-13)2-3-7(10)8(5)11-12/h2-4,9,13H,1H3. The van der Waals surface area contributed by atoms with Crippen molar-refractivity contribution < 1.29 is 9.41 Å². The number of nitrogens with zero attached hydrogens (tertiary/aromatic N) is 2.